The fraction of sp³-hybridized carbons (Fsp3) is 0.400. The van der Waals surface area contributed by atoms with Crippen LogP contribution in [0.4, 0.5) is 11.6 Å². The minimum Gasteiger partial charge on any atom is -0.393 e. The second-order valence-corrected chi connectivity index (χ2v) is 7.67. The van der Waals surface area contributed by atoms with Gasteiger partial charge in [-0.05, 0) is 44.7 Å². The molecule has 2 aliphatic rings. The summed E-state index contributed by atoms with van der Waals surface area (Å²) in [6, 6.07) is 3.81. The molecule has 1 saturated carbocycles. The Kier molecular flexibility index (Phi) is 4.62. The highest BCUT2D eigenvalue weighted by Crippen LogP contribution is 2.34. The summed E-state index contributed by atoms with van der Waals surface area (Å²) < 4.78 is 0. The van der Waals surface area contributed by atoms with Crippen molar-refractivity contribution in [3.63, 3.8) is 0 Å². The summed E-state index contributed by atoms with van der Waals surface area (Å²) in [4.78, 5) is 32.6. The first-order valence-electron chi connectivity index (χ1n) is 10.0. The second-order valence-electron chi connectivity index (χ2n) is 7.67. The summed E-state index contributed by atoms with van der Waals surface area (Å²) in [7, 11) is 0. The number of aryl methyl sites for hydroxylation is 1. The van der Waals surface area contributed by atoms with Crippen LogP contribution in [0.1, 0.15) is 32.8 Å². The average Bonchev–Trinajstić information content (AvgIpc) is 3.29. The number of hydrogen-bond donors (Lipinski definition) is 3. The van der Waals surface area contributed by atoms with E-state index in [1.807, 2.05) is 19.1 Å². The molecule has 0 radical (unpaired) electrons. The molecule has 1 aliphatic carbocycles. The number of aromatic amines is 1. The molecule has 3 aromatic heterocycles. The van der Waals surface area contributed by atoms with Gasteiger partial charge in [0.15, 0.2) is 17.5 Å². The van der Waals surface area contributed by atoms with E-state index < -0.39 is 0 Å². The minimum absolute atomic E-state index is 0. The van der Waals surface area contributed by atoms with Gasteiger partial charge in [0.1, 0.15) is 12.0 Å². The molecule has 3 aromatic rings. The van der Waals surface area contributed by atoms with E-state index in [1.54, 1.807) is 11.1 Å². The molecule has 1 aliphatic heterocycles. The zero-order valence-electron chi connectivity index (χ0n) is 16.5. The smallest absolute Gasteiger partial charge is 0.247 e. The summed E-state index contributed by atoms with van der Waals surface area (Å²) in [5.74, 6) is 1.73. The molecule has 1 fully saturated rings. The largest absolute Gasteiger partial charge is 0.393 e. The van der Waals surface area contributed by atoms with Crippen LogP contribution >= 0.6 is 0 Å². The first-order chi connectivity index (χ1) is 14.6. The lowest BCUT2D eigenvalue weighted by Crippen LogP contribution is -2.49. The van der Waals surface area contributed by atoms with Crippen LogP contribution in [0.15, 0.2) is 24.7 Å². The molecule has 0 aromatic carbocycles. The van der Waals surface area contributed by atoms with Crippen LogP contribution in [0.25, 0.3) is 22.8 Å². The maximum Gasteiger partial charge on any atom is 0.247 e. The fourth-order valence-electron chi connectivity index (χ4n) is 4.15. The van der Waals surface area contributed by atoms with Crippen molar-refractivity contribution in [1.29, 1.82) is 0 Å². The molecule has 1 amide bonds. The number of nitrogens with one attached hydrogen (secondary N) is 2. The van der Waals surface area contributed by atoms with E-state index in [0.717, 1.165) is 24.1 Å². The van der Waals surface area contributed by atoms with Gasteiger partial charge >= 0.3 is 0 Å². The molecule has 0 saturated heterocycles. The lowest BCUT2D eigenvalue weighted by Gasteiger charge is -2.38. The molecule has 0 atom stereocenters. The third-order valence-corrected chi connectivity index (χ3v) is 5.71. The Morgan fingerprint density at radius 1 is 1.13 bits per heavy atom. The number of aromatic nitrogens is 6. The predicted octanol–water partition coefficient (Wildman–Crippen LogP) is 1.94. The fourth-order valence-corrected chi connectivity index (χ4v) is 4.15. The predicted molar refractivity (Wildman–Crippen MR) is 112 cm³/mol. The minimum atomic E-state index is -0.284. The number of aliphatic hydroxyl groups excluding tert-OH is 1. The Morgan fingerprint density at radius 3 is 2.70 bits per heavy atom. The summed E-state index contributed by atoms with van der Waals surface area (Å²) in [6.45, 7) is 2.10. The number of aliphatic hydroxyl groups is 1. The lowest BCUT2D eigenvalue weighted by atomic mass is 9.91. The van der Waals surface area contributed by atoms with Crippen molar-refractivity contribution >= 4 is 17.5 Å². The van der Waals surface area contributed by atoms with Crippen molar-refractivity contribution in [1.82, 2.24) is 30.1 Å². The number of pyridine rings is 1. The highest BCUT2D eigenvalue weighted by atomic mass is 16.3. The van der Waals surface area contributed by atoms with Crippen LogP contribution in [0, 0.1) is 6.92 Å². The van der Waals surface area contributed by atoms with E-state index in [0.29, 0.717) is 41.7 Å². The van der Waals surface area contributed by atoms with Crippen LogP contribution in [-0.2, 0) is 4.79 Å². The SMILES string of the molecule is Cc1nc(-c2ncn[nH]2)ccc1-c1cnc2c(n1)N(C1CCC(O)CC1)C(=O)CN2.[HH]. The molecule has 0 spiro atoms. The standard InChI is InChI=1S/C20H22N8O2.H2/c1-11-14(6-7-15(25-11)18-23-10-24-27-18)16-8-21-19-20(26-16)28(17(30)9-22-19)12-2-4-13(29)5-3-12;/h6-8,10,12-13,29H,2-5,9H2,1H3,(H,21,22)(H,23,24,27);1H. The van der Waals surface area contributed by atoms with Crippen LogP contribution in [0.2, 0.25) is 0 Å². The number of nitrogens with zero attached hydrogens (tertiary/aromatic N) is 6. The van der Waals surface area contributed by atoms with Crippen molar-refractivity contribution < 1.29 is 11.3 Å². The number of hydrogen-bond acceptors (Lipinski definition) is 8. The van der Waals surface area contributed by atoms with Gasteiger partial charge in [0.25, 0.3) is 0 Å². The quantitative estimate of drug-likeness (QED) is 0.599. The maximum atomic E-state index is 12.7. The summed E-state index contributed by atoms with van der Waals surface area (Å²) >= 11 is 0. The van der Waals surface area contributed by atoms with Gasteiger partial charge < -0.3 is 10.4 Å². The van der Waals surface area contributed by atoms with Gasteiger partial charge in [-0.2, -0.15) is 5.10 Å². The Balaban J connectivity index is 0.00000231. The van der Waals surface area contributed by atoms with Crippen molar-refractivity contribution in [3.05, 3.63) is 30.4 Å². The van der Waals surface area contributed by atoms with E-state index >= 15 is 0 Å². The Labute approximate surface area is 174 Å². The summed E-state index contributed by atoms with van der Waals surface area (Å²) in [5.41, 5.74) is 2.96. The van der Waals surface area contributed by atoms with Crippen LogP contribution in [-0.4, -0.2) is 59.8 Å². The molecule has 0 bridgehead atoms. The van der Waals surface area contributed by atoms with Crippen LogP contribution in [0.3, 0.4) is 0 Å². The van der Waals surface area contributed by atoms with Gasteiger partial charge in [-0.25, -0.2) is 19.9 Å². The zero-order chi connectivity index (χ0) is 20.7. The number of fused-ring (bicyclic) bond motifs is 1. The molecule has 30 heavy (non-hydrogen) atoms. The molecular weight excluding hydrogens is 384 g/mol. The topological polar surface area (TPSA) is 133 Å². The van der Waals surface area contributed by atoms with Crippen molar-refractivity contribution in [3.8, 4) is 22.8 Å². The monoisotopic (exact) mass is 408 g/mol. The average molecular weight is 408 g/mol. The first-order valence-corrected chi connectivity index (χ1v) is 10.0. The van der Waals surface area contributed by atoms with Crippen molar-refractivity contribution in [2.45, 2.75) is 44.8 Å². The molecule has 5 rings (SSSR count). The van der Waals surface area contributed by atoms with E-state index in [-0.39, 0.29) is 26.0 Å². The summed E-state index contributed by atoms with van der Waals surface area (Å²) in [5, 5.41) is 19.6. The number of carbonyl (C=O) groups is 1. The number of H-pyrrole nitrogens is 1. The second kappa shape index (κ2) is 7.45. The van der Waals surface area contributed by atoms with Gasteiger partial charge in [-0.15, -0.1) is 0 Å². The number of amides is 1. The Bertz CT molecular complexity index is 1080. The lowest BCUT2D eigenvalue weighted by molar-refractivity contribution is -0.118. The van der Waals surface area contributed by atoms with Gasteiger partial charge in [0.2, 0.25) is 5.91 Å². The maximum absolute atomic E-state index is 12.7. The molecule has 10 nitrogen and oxygen atoms in total. The van der Waals surface area contributed by atoms with Crippen LogP contribution in [0.5, 0.6) is 0 Å². The van der Waals surface area contributed by atoms with E-state index in [2.05, 4.69) is 30.5 Å². The highest BCUT2D eigenvalue weighted by molar-refractivity contribution is 6.01. The summed E-state index contributed by atoms with van der Waals surface area (Å²) in [6.07, 6.45) is 5.75. The zero-order valence-corrected chi connectivity index (χ0v) is 16.5. The molecule has 3 N–H and O–H groups in total. The molecule has 10 heteroatoms. The molecule has 156 valence electrons. The molecule has 4 heterocycles. The third-order valence-electron chi connectivity index (χ3n) is 5.71. The third kappa shape index (κ3) is 3.28. The Morgan fingerprint density at radius 2 is 1.97 bits per heavy atom. The van der Waals surface area contributed by atoms with Crippen LogP contribution < -0.4 is 10.2 Å². The van der Waals surface area contributed by atoms with E-state index in [1.165, 1.54) is 6.33 Å². The number of carbonyl (C=O) groups excluding carboxylic acids is 1. The number of anilines is 2. The van der Waals surface area contributed by atoms with Gasteiger partial charge in [0, 0.05) is 18.7 Å². The number of rotatable bonds is 3. The normalized spacial score (nSPS) is 21.3. The molecule has 0 unspecified atom stereocenters. The first kappa shape index (κ1) is 18.6. The van der Waals surface area contributed by atoms with Crippen molar-refractivity contribution in [2.75, 3.05) is 16.8 Å². The van der Waals surface area contributed by atoms with Gasteiger partial charge in [-0.3, -0.25) is 14.8 Å². The molecular formula is C20H24N8O2. The van der Waals surface area contributed by atoms with Gasteiger partial charge in [0.05, 0.1) is 24.5 Å². The van der Waals surface area contributed by atoms with E-state index in [4.69, 9.17) is 4.98 Å². The van der Waals surface area contributed by atoms with E-state index in [9.17, 15) is 9.90 Å². The Hall–Kier alpha value is -3.40. The highest BCUT2D eigenvalue weighted by Gasteiger charge is 2.35. The van der Waals surface area contributed by atoms with Gasteiger partial charge in [-0.1, -0.05) is 0 Å². The van der Waals surface area contributed by atoms with Crippen molar-refractivity contribution in [2.24, 2.45) is 0 Å².